The van der Waals surface area contributed by atoms with Gasteiger partial charge >= 0.3 is 0 Å². The number of hydrogen-bond donors (Lipinski definition) is 1. The molecule has 0 bridgehead atoms. The van der Waals surface area contributed by atoms with E-state index in [1.807, 2.05) is 41.0 Å². The van der Waals surface area contributed by atoms with Gasteiger partial charge in [-0.3, -0.25) is 4.99 Å². The third kappa shape index (κ3) is 6.45. The lowest BCUT2D eigenvalue weighted by atomic mass is 10.2. The Kier molecular flexibility index (Phi) is 8.91. The quantitative estimate of drug-likeness (QED) is 0.300. The molecule has 0 radical (unpaired) electrons. The molecule has 0 atom stereocenters. The van der Waals surface area contributed by atoms with Crippen molar-refractivity contribution in [2.75, 3.05) is 27.2 Å². The molecule has 8 heteroatoms. The number of guanidine groups is 1. The molecule has 3 aromatic rings. The van der Waals surface area contributed by atoms with Gasteiger partial charge in [0.15, 0.2) is 17.5 Å². The summed E-state index contributed by atoms with van der Waals surface area (Å²) < 4.78 is 20.9. The van der Waals surface area contributed by atoms with Crippen LogP contribution in [0.4, 0.5) is 4.39 Å². The Morgan fingerprint density at radius 1 is 1.21 bits per heavy atom. The van der Waals surface area contributed by atoms with Crippen LogP contribution in [-0.4, -0.2) is 47.9 Å². The monoisotopic (exact) mass is 509 g/mol. The average Bonchev–Trinajstić information content (AvgIpc) is 3.25. The number of halogens is 2. The first kappa shape index (κ1) is 22.7. The van der Waals surface area contributed by atoms with Crippen LogP contribution in [0, 0.1) is 5.82 Å². The summed E-state index contributed by atoms with van der Waals surface area (Å²) in [5.74, 6) is 0.639. The van der Waals surface area contributed by atoms with Crippen LogP contribution in [0.5, 0.6) is 5.75 Å². The van der Waals surface area contributed by atoms with Gasteiger partial charge < -0.3 is 15.0 Å². The van der Waals surface area contributed by atoms with Crippen LogP contribution in [0.25, 0.3) is 5.69 Å². The second kappa shape index (κ2) is 11.4. The molecule has 0 amide bonds. The number of benzene rings is 2. The minimum Gasteiger partial charge on any atom is -0.489 e. The molecule has 0 aliphatic carbocycles. The van der Waals surface area contributed by atoms with Crippen LogP contribution >= 0.6 is 24.0 Å². The predicted molar refractivity (Wildman–Crippen MR) is 124 cm³/mol. The van der Waals surface area contributed by atoms with Crippen LogP contribution in [-0.2, 0) is 6.54 Å². The maximum absolute atomic E-state index is 13.6. The summed E-state index contributed by atoms with van der Waals surface area (Å²) in [6, 6.07) is 16.4. The summed E-state index contributed by atoms with van der Waals surface area (Å²) in [6.45, 7) is 1.55. The zero-order valence-electron chi connectivity index (χ0n) is 16.5. The van der Waals surface area contributed by atoms with Gasteiger partial charge in [0.25, 0.3) is 0 Å². The molecule has 3 rings (SSSR count). The molecule has 2 aromatic carbocycles. The normalized spacial score (nSPS) is 10.9. The Morgan fingerprint density at radius 3 is 2.76 bits per heavy atom. The molecule has 1 heterocycles. The van der Waals surface area contributed by atoms with Crippen molar-refractivity contribution in [1.82, 2.24) is 20.0 Å². The van der Waals surface area contributed by atoms with E-state index in [0.717, 1.165) is 17.2 Å². The highest BCUT2D eigenvalue weighted by Crippen LogP contribution is 2.15. The molecule has 0 spiro atoms. The zero-order valence-corrected chi connectivity index (χ0v) is 18.8. The number of hydrogen-bond acceptors (Lipinski definition) is 3. The van der Waals surface area contributed by atoms with Gasteiger partial charge in [-0.05, 0) is 35.9 Å². The first-order chi connectivity index (χ1) is 13.7. The molecule has 0 aliphatic rings. The van der Waals surface area contributed by atoms with E-state index in [1.54, 1.807) is 31.4 Å². The summed E-state index contributed by atoms with van der Waals surface area (Å²) in [6.07, 6.45) is 3.67. The van der Waals surface area contributed by atoms with E-state index < -0.39 is 0 Å². The zero-order chi connectivity index (χ0) is 19.8. The van der Waals surface area contributed by atoms with Crippen molar-refractivity contribution in [3.8, 4) is 11.4 Å². The molecule has 1 N–H and O–H groups in total. The fourth-order valence-corrected chi connectivity index (χ4v) is 2.76. The number of aliphatic imine (C=N–C) groups is 1. The Balaban J connectivity index is 0.00000300. The maximum Gasteiger partial charge on any atom is 0.193 e. The molecular weight excluding hydrogens is 484 g/mol. The fraction of sp³-hybridized carbons (Fsp3) is 0.238. The lowest BCUT2D eigenvalue weighted by Crippen LogP contribution is -2.40. The Hall–Kier alpha value is -2.62. The van der Waals surface area contributed by atoms with Gasteiger partial charge in [0, 0.05) is 33.0 Å². The summed E-state index contributed by atoms with van der Waals surface area (Å²) >= 11 is 0. The second-order valence-corrected chi connectivity index (χ2v) is 6.22. The topological polar surface area (TPSA) is 54.7 Å². The second-order valence-electron chi connectivity index (χ2n) is 6.22. The molecule has 6 nitrogen and oxygen atoms in total. The van der Waals surface area contributed by atoms with E-state index >= 15 is 0 Å². The first-order valence-electron chi connectivity index (χ1n) is 9.05. The highest BCUT2D eigenvalue weighted by atomic mass is 127. The van der Waals surface area contributed by atoms with E-state index in [9.17, 15) is 4.39 Å². The predicted octanol–water partition coefficient (Wildman–Crippen LogP) is 3.72. The Bertz CT molecular complexity index is 917. The molecule has 1 aromatic heterocycles. The minimum atomic E-state index is -0.357. The largest absolute Gasteiger partial charge is 0.489 e. The summed E-state index contributed by atoms with van der Waals surface area (Å²) in [5, 5.41) is 7.59. The van der Waals surface area contributed by atoms with Crippen LogP contribution in [0.2, 0.25) is 0 Å². The number of aromatic nitrogens is 2. The number of nitrogens with zero attached hydrogens (tertiary/aromatic N) is 4. The van der Waals surface area contributed by atoms with Crippen LogP contribution in [0.3, 0.4) is 0 Å². The molecule has 0 unspecified atom stereocenters. The van der Waals surface area contributed by atoms with Crippen molar-refractivity contribution in [2.45, 2.75) is 6.54 Å². The summed E-state index contributed by atoms with van der Waals surface area (Å²) in [4.78, 5) is 6.25. The molecule has 154 valence electrons. The molecule has 0 saturated carbocycles. The van der Waals surface area contributed by atoms with E-state index in [0.29, 0.717) is 19.7 Å². The van der Waals surface area contributed by atoms with Gasteiger partial charge in [-0.15, -0.1) is 24.0 Å². The van der Waals surface area contributed by atoms with Crippen LogP contribution < -0.4 is 10.1 Å². The number of rotatable bonds is 7. The Labute approximate surface area is 187 Å². The summed E-state index contributed by atoms with van der Waals surface area (Å²) in [5.41, 5.74) is 2.12. The van der Waals surface area contributed by atoms with Crippen LogP contribution in [0.15, 0.2) is 72.0 Å². The molecular formula is C21H25FIN5O. The smallest absolute Gasteiger partial charge is 0.193 e. The molecule has 0 aliphatic heterocycles. The first-order valence-corrected chi connectivity index (χ1v) is 9.05. The SMILES string of the molecule is CN=C(NCc1cccc(-n2cccn2)c1)N(C)CCOc1ccccc1F.I. The van der Waals surface area contributed by atoms with E-state index in [4.69, 9.17) is 4.74 Å². The fourth-order valence-electron chi connectivity index (χ4n) is 2.76. The summed E-state index contributed by atoms with van der Waals surface area (Å²) in [7, 11) is 3.65. The minimum absolute atomic E-state index is 0. The third-order valence-electron chi connectivity index (χ3n) is 4.22. The maximum atomic E-state index is 13.6. The molecule has 29 heavy (non-hydrogen) atoms. The highest BCUT2D eigenvalue weighted by molar-refractivity contribution is 14.0. The van der Waals surface area contributed by atoms with Crippen molar-refractivity contribution in [3.05, 3.63) is 78.4 Å². The number of nitrogens with one attached hydrogen (secondary N) is 1. The number of para-hydroxylation sites is 1. The van der Waals surface area contributed by atoms with Gasteiger partial charge in [0.1, 0.15) is 6.61 Å². The number of ether oxygens (including phenoxy) is 1. The average molecular weight is 509 g/mol. The van der Waals surface area contributed by atoms with E-state index in [-0.39, 0.29) is 35.5 Å². The lowest BCUT2D eigenvalue weighted by Gasteiger charge is -2.22. The van der Waals surface area contributed by atoms with Crippen molar-refractivity contribution >= 4 is 29.9 Å². The third-order valence-corrected chi connectivity index (χ3v) is 4.22. The van der Waals surface area contributed by atoms with Gasteiger partial charge in [-0.2, -0.15) is 5.10 Å². The standard InChI is InChI=1S/C21H24FN5O.HI/c1-23-21(26(2)13-14-28-20-10-4-3-9-19(20)22)24-16-17-7-5-8-18(15-17)27-12-6-11-25-27;/h3-12,15H,13-14,16H2,1-2H3,(H,23,24);1H. The highest BCUT2D eigenvalue weighted by Gasteiger charge is 2.08. The lowest BCUT2D eigenvalue weighted by molar-refractivity contribution is 0.270. The number of likely N-dealkylation sites (N-methyl/N-ethyl adjacent to an activating group) is 1. The van der Waals surface area contributed by atoms with Crippen molar-refractivity contribution < 1.29 is 9.13 Å². The van der Waals surface area contributed by atoms with Gasteiger partial charge in [-0.25, -0.2) is 9.07 Å². The van der Waals surface area contributed by atoms with E-state index in [2.05, 4.69) is 27.5 Å². The Morgan fingerprint density at radius 2 is 2.03 bits per heavy atom. The molecule has 0 fully saturated rings. The van der Waals surface area contributed by atoms with E-state index in [1.165, 1.54) is 6.07 Å². The molecule has 0 saturated heterocycles. The van der Waals surface area contributed by atoms with Crippen LogP contribution in [0.1, 0.15) is 5.56 Å². The van der Waals surface area contributed by atoms with Gasteiger partial charge in [0.05, 0.1) is 12.2 Å². The van der Waals surface area contributed by atoms with Crippen molar-refractivity contribution in [3.63, 3.8) is 0 Å². The van der Waals surface area contributed by atoms with Crippen molar-refractivity contribution in [2.24, 2.45) is 4.99 Å². The van der Waals surface area contributed by atoms with Gasteiger partial charge in [-0.1, -0.05) is 24.3 Å². The van der Waals surface area contributed by atoms with Crippen molar-refractivity contribution in [1.29, 1.82) is 0 Å². The van der Waals surface area contributed by atoms with Gasteiger partial charge in [0.2, 0.25) is 0 Å².